The largest absolute Gasteiger partial charge is 0.491 e. The lowest BCUT2D eigenvalue weighted by Gasteiger charge is -2.14. The van der Waals surface area contributed by atoms with Gasteiger partial charge in [0, 0.05) is 18.2 Å². The van der Waals surface area contributed by atoms with Crippen molar-refractivity contribution >= 4 is 23.0 Å². The van der Waals surface area contributed by atoms with Gasteiger partial charge in [0.15, 0.2) is 5.78 Å². The molecule has 11 heteroatoms. The number of rotatable bonds is 8. The van der Waals surface area contributed by atoms with E-state index in [2.05, 4.69) is 9.84 Å². The highest BCUT2D eigenvalue weighted by Crippen LogP contribution is 2.35. The van der Waals surface area contributed by atoms with Gasteiger partial charge in [0.25, 0.3) is 5.69 Å². The normalized spacial score (nSPS) is 11.3. The van der Waals surface area contributed by atoms with E-state index in [1.54, 1.807) is 20.8 Å². The molecule has 8 nitrogen and oxygen atoms in total. The summed E-state index contributed by atoms with van der Waals surface area (Å²) in [5, 5.41) is 15.5. The minimum Gasteiger partial charge on any atom is -0.400 e. The molecule has 1 aromatic carbocycles. The minimum absolute atomic E-state index is 0.0237. The lowest BCUT2D eigenvalue weighted by molar-refractivity contribution is -0.385. The Hall–Kier alpha value is -3.50. The maximum Gasteiger partial charge on any atom is 0.491 e. The van der Waals surface area contributed by atoms with Crippen molar-refractivity contribution in [2.24, 2.45) is 0 Å². The molecule has 2 aromatic rings. The molecule has 0 saturated heterocycles. The fraction of sp³-hybridized carbons (Fsp3) is 0.409. The fourth-order valence-corrected chi connectivity index (χ4v) is 3.21. The Morgan fingerprint density at radius 3 is 2.33 bits per heavy atom. The molecule has 0 fully saturated rings. The van der Waals surface area contributed by atoms with Gasteiger partial charge in [-0.05, 0) is 51.3 Å². The van der Waals surface area contributed by atoms with Gasteiger partial charge in [-0.1, -0.05) is 18.9 Å². The van der Waals surface area contributed by atoms with Crippen molar-refractivity contribution in [3.05, 3.63) is 56.3 Å². The number of hydrogen-bond donors (Lipinski definition) is 0. The molecule has 0 unspecified atom stereocenters. The number of allylic oxidation sites excluding steroid dienone is 2. The van der Waals surface area contributed by atoms with E-state index >= 15 is 0 Å². The van der Waals surface area contributed by atoms with Crippen molar-refractivity contribution in [1.82, 2.24) is 9.78 Å². The second-order valence-electron chi connectivity index (χ2n) is 7.67. The molecule has 0 radical (unpaired) electrons. The van der Waals surface area contributed by atoms with Crippen LogP contribution in [0.25, 0.3) is 5.57 Å². The topological polar surface area (TPSA) is 104 Å². The van der Waals surface area contributed by atoms with Crippen LogP contribution in [-0.2, 0) is 11.3 Å². The molecule has 178 valence electrons. The number of hydrogen-bond acceptors (Lipinski definition) is 6. The SMILES string of the molecule is CCCCn1ncc(C(=O)c2ccc([N+](=O)[O-])c(C(C)=C(C)C)c2C)c1OC(=O)C(F)(F)F. The highest BCUT2D eigenvalue weighted by atomic mass is 19.4. The summed E-state index contributed by atoms with van der Waals surface area (Å²) in [6.45, 7) is 8.71. The average molecular weight is 467 g/mol. The third-order valence-electron chi connectivity index (χ3n) is 5.19. The van der Waals surface area contributed by atoms with E-state index in [0.717, 1.165) is 16.5 Å². The molecule has 0 aliphatic carbocycles. The van der Waals surface area contributed by atoms with Crippen molar-refractivity contribution < 1.29 is 32.4 Å². The molecule has 1 heterocycles. The number of nitrogens with zero attached hydrogens (tertiary/aromatic N) is 3. The van der Waals surface area contributed by atoms with Crippen molar-refractivity contribution in [2.75, 3.05) is 0 Å². The predicted molar refractivity (Wildman–Crippen MR) is 114 cm³/mol. The Bertz CT molecular complexity index is 1130. The number of benzene rings is 1. The Morgan fingerprint density at radius 2 is 1.82 bits per heavy atom. The molecule has 0 amide bonds. The molecule has 0 saturated carbocycles. The van der Waals surface area contributed by atoms with Crippen LogP contribution in [0.15, 0.2) is 23.9 Å². The first-order valence-electron chi connectivity index (χ1n) is 10.1. The number of nitro benzene ring substituents is 1. The number of carbonyl (C=O) groups is 2. The van der Waals surface area contributed by atoms with Gasteiger partial charge in [-0.25, -0.2) is 9.48 Å². The van der Waals surface area contributed by atoms with Crippen molar-refractivity contribution in [1.29, 1.82) is 0 Å². The Labute approximate surface area is 188 Å². The summed E-state index contributed by atoms with van der Waals surface area (Å²) in [5.74, 6) is -3.86. The first-order valence-corrected chi connectivity index (χ1v) is 10.1. The molecular formula is C22H24F3N3O5. The molecule has 0 N–H and O–H groups in total. The Kier molecular flexibility index (Phi) is 7.78. The van der Waals surface area contributed by atoms with E-state index < -0.39 is 28.7 Å². The summed E-state index contributed by atoms with van der Waals surface area (Å²) < 4.78 is 44.0. The van der Waals surface area contributed by atoms with Crippen LogP contribution in [0.3, 0.4) is 0 Å². The van der Waals surface area contributed by atoms with Crippen LogP contribution < -0.4 is 4.74 Å². The van der Waals surface area contributed by atoms with E-state index in [0.29, 0.717) is 18.4 Å². The number of unbranched alkanes of at least 4 members (excludes halogenated alkanes) is 1. The molecule has 0 atom stereocenters. The summed E-state index contributed by atoms with van der Waals surface area (Å²) in [6, 6.07) is 2.40. The van der Waals surface area contributed by atoms with Gasteiger partial charge in [0.2, 0.25) is 5.88 Å². The molecule has 1 aromatic heterocycles. The smallest absolute Gasteiger partial charge is 0.400 e. The molecule has 0 spiro atoms. The third kappa shape index (κ3) is 5.47. The van der Waals surface area contributed by atoms with E-state index in [4.69, 9.17) is 0 Å². The predicted octanol–water partition coefficient (Wildman–Crippen LogP) is 5.41. The van der Waals surface area contributed by atoms with Crippen LogP contribution in [0.4, 0.5) is 18.9 Å². The third-order valence-corrected chi connectivity index (χ3v) is 5.19. The second kappa shape index (κ2) is 9.97. The van der Waals surface area contributed by atoms with Gasteiger partial charge in [0.1, 0.15) is 5.56 Å². The number of esters is 1. The maximum absolute atomic E-state index is 13.3. The van der Waals surface area contributed by atoms with Gasteiger partial charge in [-0.3, -0.25) is 14.9 Å². The average Bonchev–Trinajstić information content (AvgIpc) is 3.12. The molecule has 0 aliphatic heterocycles. The fourth-order valence-electron chi connectivity index (χ4n) is 3.21. The van der Waals surface area contributed by atoms with Gasteiger partial charge in [0.05, 0.1) is 16.7 Å². The van der Waals surface area contributed by atoms with E-state index in [9.17, 15) is 32.9 Å². The van der Waals surface area contributed by atoms with Crippen molar-refractivity contribution in [3.63, 3.8) is 0 Å². The highest BCUT2D eigenvalue weighted by molar-refractivity contribution is 6.12. The van der Waals surface area contributed by atoms with Gasteiger partial charge >= 0.3 is 12.1 Å². The molecule has 0 bridgehead atoms. The zero-order chi connectivity index (χ0) is 25.1. The van der Waals surface area contributed by atoms with Crippen LogP contribution >= 0.6 is 0 Å². The summed E-state index contributed by atoms with van der Waals surface area (Å²) in [4.78, 5) is 35.8. The number of ether oxygens (including phenoxy) is 1. The summed E-state index contributed by atoms with van der Waals surface area (Å²) in [6.07, 6.45) is -3.03. The van der Waals surface area contributed by atoms with Gasteiger partial charge in [-0.15, -0.1) is 0 Å². The second-order valence-corrected chi connectivity index (χ2v) is 7.67. The number of halogens is 3. The molecule has 0 aliphatic rings. The standard InChI is InChI=1S/C22H24F3N3O5/c1-6-7-10-27-20(33-21(30)22(23,24)25)16(11-26-27)19(29)15-8-9-17(28(31)32)18(14(15)5)13(4)12(2)3/h8-9,11H,6-7,10H2,1-5H3. The Morgan fingerprint density at radius 1 is 1.18 bits per heavy atom. The minimum atomic E-state index is -5.27. The first-order chi connectivity index (χ1) is 15.3. The quantitative estimate of drug-likeness (QED) is 0.222. The summed E-state index contributed by atoms with van der Waals surface area (Å²) in [7, 11) is 0. The number of aryl methyl sites for hydroxylation is 1. The van der Waals surface area contributed by atoms with Crippen LogP contribution in [-0.4, -0.2) is 32.6 Å². The lowest BCUT2D eigenvalue weighted by Crippen LogP contribution is -2.29. The number of carbonyl (C=O) groups excluding carboxylic acids is 2. The van der Waals surface area contributed by atoms with Gasteiger partial charge < -0.3 is 4.74 Å². The highest BCUT2D eigenvalue weighted by Gasteiger charge is 2.43. The maximum atomic E-state index is 13.3. The Balaban J connectivity index is 2.67. The zero-order valence-electron chi connectivity index (χ0n) is 18.9. The lowest BCUT2D eigenvalue weighted by atomic mass is 9.90. The van der Waals surface area contributed by atoms with Gasteiger partial charge in [-0.2, -0.15) is 18.3 Å². The summed E-state index contributed by atoms with van der Waals surface area (Å²) >= 11 is 0. The molecular weight excluding hydrogens is 443 g/mol. The van der Waals surface area contributed by atoms with Crippen LogP contribution in [0.5, 0.6) is 5.88 Å². The van der Waals surface area contributed by atoms with E-state index in [-0.39, 0.29) is 34.5 Å². The molecule has 33 heavy (non-hydrogen) atoms. The number of alkyl halides is 3. The van der Waals surface area contributed by atoms with Crippen molar-refractivity contribution in [3.8, 4) is 5.88 Å². The number of ketones is 1. The molecule has 2 rings (SSSR count). The van der Waals surface area contributed by atoms with Crippen LogP contribution in [0.2, 0.25) is 0 Å². The summed E-state index contributed by atoms with van der Waals surface area (Å²) in [5.41, 5.74) is 1.39. The van der Waals surface area contributed by atoms with Crippen LogP contribution in [0, 0.1) is 17.0 Å². The zero-order valence-corrected chi connectivity index (χ0v) is 18.9. The van der Waals surface area contributed by atoms with Crippen LogP contribution in [0.1, 0.15) is 67.6 Å². The van der Waals surface area contributed by atoms with E-state index in [1.807, 2.05) is 6.92 Å². The number of aromatic nitrogens is 2. The number of nitro groups is 1. The first kappa shape index (κ1) is 25.8. The van der Waals surface area contributed by atoms with Crippen molar-refractivity contribution in [2.45, 2.75) is 60.2 Å². The van der Waals surface area contributed by atoms with E-state index in [1.165, 1.54) is 19.1 Å². The monoisotopic (exact) mass is 467 g/mol.